The molecule has 1 heterocycles. The summed E-state index contributed by atoms with van der Waals surface area (Å²) < 4.78 is 78.1. The lowest BCUT2D eigenvalue weighted by Gasteiger charge is -2.38. The monoisotopic (exact) mass is 409 g/mol. The molecule has 0 spiro atoms. The first-order valence-electron chi connectivity index (χ1n) is 7.78. The summed E-state index contributed by atoms with van der Waals surface area (Å²) in [6.07, 6.45) is 0. The standard InChI is InChI=1S/C16H19F4N3O3S/c1-14(2)12(21)23-15(3,7-27(14,25)26)9-5-8(6-10(17)11(9)18)22-13(24)16(4,19)20/h5-6H,7H2,1-4H3,(H2,21,23)(H,22,24)/t15-/m0/s1. The second-order valence-electron chi connectivity index (χ2n) is 7.20. The van der Waals surface area contributed by atoms with E-state index in [1.165, 1.54) is 20.8 Å². The number of halogens is 4. The van der Waals surface area contributed by atoms with E-state index in [0.29, 0.717) is 13.0 Å². The number of nitrogens with zero attached hydrogens (tertiary/aromatic N) is 1. The first-order valence-corrected chi connectivity index (χ1v) is 9.43. The molecule has 0 saturated carbocycles. The molecule has 0 saturated heterocycles. The molecule has 1 aromatic carbocycles. The summed E-state index contributed by atoms with van der Waals surface area (Å²) in [5, 5.41) is 1.77. The van der Waals surface area contributed by atoms with Crippen LogP contribution in [-0.4, -0.2) is 36.6 Å². The van der Waals surface area contributed by atoms with E-state index in [4.69, 9.17) is 5.73 Å². The molecule has 2 rings (SSSR count). The molecule has 0 aromatic heterocycles. The molecule has 1 amide bonds. The van der Waals surface area contributed by atoms with Crippen molar-refractivity contribution >= 4 is 27.3 Å². The molecular formula is C16H19F4N3O3S. The predicted octanol–water partition coefficient (Wildman–Crippen LogP) is 2.34. The van der Waals surface area contributed by atoms with Crippen molar-refractivity contribution in [3.63, 3.8) is 0 Å². The summed E-state index contributed by atoms with van der Waals surface area (Å²) in [4.78, 5) is 15.5. The fourth-order valence-electron chi connectivity index (χ4n) is 2.57. The van der Waals surface area contributed by atoms with Crippen molar-refractivity contribution in [3.05, 3.63) is 29.3 Å². The summed E-state index contributed by atoms with van der Waals surface area (Å²) in [5.41, 5.74) is 2.95. The second-order valence-corrected chi connectivity index (χ2v) is 9.74. The van der Waals surface area contributed by atoms with Crippen molar-refractivity contribution < 1.29 is 30.8 Å². The number of carbonyl (C=O) groups excluding carboxylic acids is 1. The highest BCUT2D eigenvalue weighted by molar-refractivity contribution is 7.93. The Balaban J connectivity index is 2.62. The number of rotatable bonds is 3. The van der Waals surface area contributed by atoms with Crippen molar-refractivity contribution in [1.29, 1.82) is 0 Å². The van der Waals surface area contributed by atoms with Crippen LogP contribution in [0.1, 0.15) is 33.3 Å². The lowest BCUT2D eigenvalue weighted by Crippen LogP contribution is -2.55. The summed E-state index contributed by atoms with van der Waals surface area (Å²) in [7, 11) is -3.91. The third-order valence-corrected chi connectivity index (χ3v) is 7.20. The van der Waals surface area contributed by atoms with Gasteiger partial charge in [0.25, 0.3) is 5.91 Å². The minimum absolute atomic E-state index is 0.300. The smallest absolute Gasteiger partial charge is 0.322 e. The predicted molar refractivity (Wildman–Crippen MR) is 92.4 cm³/mol. The summed E-state index contributed by atoms with van der Waals surface area (Å²) in [6.45, 7) is 4.23. The number of hydrogen-bond donors (Lipinski definition) is 2. The molecular weight excluding hydrogens is 390 g/mol. The van der Waals surface area contributed by atoms with Gasteiger partial charge in [-0.3, -0.25) is 9.79 Å². The highest BCUT2D eigenvalue weighted by Gasteiger charge is 2.49. The van der Waals surface area contributed by atoms with Gasteiger partial charge in [0.1, 0.15) is 16.1 Å². The maximum atomic E-state index is 14.4. The quantitative estimate of drug-likeness (QED) is 0.748. The lowest BCUT2D eigenvalue weighted by atomic mass is 9.92. The molecule has 1 aliphatic rings. The minimum Gasteiger partial charge on any atom is -0.386 e. The molecule has 27 heavy (non-hydrogen) atoms. The maximum absolute atomic E-state index is 14.4. The molecule has 0 unspecified atom stereocenters. The zero-order valence-electron chi connectivity index (χ0n) is 15.0. The summed E-state index contributed by atoms with van der Waals surface area (Å²) in [5.74, 6) is -9.35. The SMILES string of the molecule is CC(F)(F)C(=O)Nc1cc(F)c(F)c([C@]2(C)CS(=O)(=O)C(C)(C)C(N)=N2)c1. The minimum atomic E-state index is -3.91. The molecule has 3 N–H and O–H groups in total. The largest absolute Gasteiger partial charge is 0.386 e. The lowest BCUT2D eigenvalue weighted by molar-refractivity contribution is -0.137. The highest BCUT2D eigenvalue weighted by Crippen LogP contribution is 2.39. The van der Waals surface area contributed by atoms with Gasteiger partial charge in [-0.05, 0) is 26.8 Å². The highest BCUT2D eigenvalue weighted by atomic mass is 32.2. The van der Waals surface area contributed by atoms with Crippen LogP contribution >= 0.6 is 0 Å². The zero-order chi connectivity index (χ0) is 21.0. The summed E-state index contributed by atoms with van der Waals surface area (Å²) in [6, 6.07) is 1.38. The van der Waals surface area contributed by atoms with Crippen molar-refractivity contribution in [2.75, 3.05) is 11.1 Å². The molecule has 1 atom stereocenters. The number of hydrogen-bond acceptors (Lipinski definition) is 5. The number of nitrogens with two attached hydrogens (primary N) is 1. The molecule has 1 aromatic rings. The van der Waals surface area contributed by atoms with Gasteiger partial charge in [-0.25, -0.2) is 17.2 Å². The number of anilines is 1. The number of amidine groups is 1. The number of amides is 1. The first-order chi connectivity index (χ1) is 12.0. The number of carbonyl (C=O) groups is 1. The molecule has 6 nitrogen and oxygen atoms in total. The Hall–Kier alpha value is -2.17. The van der Waals surface area contributed by atoms with E-state index >= 15 is 0 Å². The van der Waals surface area contributed by atoms with Gasteiger partial charge in [-0.2, -0.15) is 8.78 Å². The van der Waals surface area contributed by atoms with Crippen molar-refractivity contribution in [3.8, 4) is 0 Å². The molecule has 0 aliphatic carbocycles. The van der Waals surface area contributed by atoms with Crippen LogP contribution in [-0.2, 0) is 20.2 Å². The van der Waals surface area contributed by atoms with Gasteiger partial charge >= 0.3 is 5.92 Å². The van der Waals surface area contributed by atoms with Crippen LogP contribution < -0.4 is 11.1 Å². The van der Waals surface area contributed by atoms with Crippen LogP contribution in [0, 0.1) is 11.6 Å². The van der Waals surface area contributed by atoms with Crippen LogP contribution in [0.3, 0.4) is 0 Å². The molecule has 0 bridgehead atoms. The van der Waals surface area contributed by atoms with Gasteiger partial charge in [-0.1, -0.05) is 0 Å². The average molecular weight is 409 g/mol. The third-order valence-electron chi connectivity index (χ3n) is 4.50. The van der Waals surface area contributed by atoms with Crippen molar-refractivity contribution in [1.82, 2.24) is 0 Å². The molecule has 1 aliphatic heterocycles. The molecule has 0 radical (unpaired) electrons. The first kappa shape index (κ1) is 21.1. The number of benzene rings is 1. The Morgan fingerprint density at radius 1 is 1.26 bits per heavy atom. The van der Waals surface area contributed by atoms with E-state index in [2.05, 4.69) is 4.99 Å². The molecule has 150 valence electrons. The van der Waals surface area contributed by atoms with Gasteiger partial charge in [0.15, 0.2) is 21.5 Å². The van der Waals surface area contributed by atoms with Crippen LogP contribution in [0.15, 0.2) is 17.1 Å². The van der Waals surface area contributed by atoms with Crippen LogP contribution in [0.25, 0.3) is 0 Å². The van der Waals surface area contributed by atoms with Gasteiger partial charge in [0.05, 0.1) is 5.75 Å². The number of sulfone groups is 1. The Morgan fingerprint density at radius 2 is 1.81 bits per heavy atom. The van der Waals surface area contributed by atoms with E-state index in [1.54, 1.807) is 5.32 Å². The Morgan fingerprint density at radius 3 is 2.30 bits per heavy atom. The van der Waals surface area contributed by atoms with Gasteiger partial charge in [0.2, 0.25) is 0 Å². The maximum Gasteiger partial charge on any atom is 0.322 e. The van der Waals surface area contributed by atoms with Gasteiger partial charge in [0, 0.05) is 24.2 Å². The average Bonchev–Trinajstić information content (AvgIpc) is 2.47. The summed E-state index contributed by atoms with van der Waals surface area (Å²) >= 11 is 0. The zero-order valence-corrected chi connectivity index (χ0v) is 15.8. The van der Waals surface area contributed by atoms with Gasteiger partial charge in [-0.15, -0.1) is 0 Å². The van der Waals surface area contributed by atoms with E-state index in [0.717, 1.165) is 6.07 Å². The van der Waals surface area contributed by atoms with Crippen LogP contribution in [0.5, 0.6) is 0 Å². The Bertz CT molecular complexity index is 939. The molecule has 0 fully saturated rings. The van der Waals surface area contributed by atoms with Crippen LogP contribution in [0.2, 0.25) is 0 Å². The number of aliphatic imine (C=N–C) groups is 1. The Kier molecular flexibility index (Phi) is 4.84. The topological polar surface area (TPSA) is 102 Å². The second kappa shape index (κ2) is 6.18. The molecule has 11 heteroatoms. The normalized spacial score (nSPS) is 24.2. The van der Waals surface area contributed by atoms with Crippen LogP contribution in [0.4, 0.5) is 23.2 Å². The van der Waals surface area contributed by atoms with Gasteiger partial charge < -0.3 is 11.1 Å². The third kappa shape index (κ3) is 3.64. The van der Waals surface area contributed by atoms with E-state index in [1.807, 2.05) is 0 Å². The van der Waals surface area contributed by atoms with E-state index in [-0.39, 0.29) is 5.84 Å². The Labute approximate surface area is 153 Å². The fourth-order valence-corrected chi connectivity index (χ4v) is 4.26. The van der Waals surface area contributed by atoms with Crippen molar-refractivity contribution in [2.24, 2.45) is 10.7 Å². The van der Waals surface area contributed by atoms with E-state index < -0.39 is 60.6 Å². The fraction of sp³-hybridized carbons (Fsp3) is 0.500. The number of alkyl halides is 2. The number of nitrogens with one attached hydrogen (secondary N) is 1. The van der Waals surface area contributed by atoms with Crippen molar-refractivity contribution in [2.45, 2.75) is 43.9 Å². The van der Waals surface area contributed by atoms with E-state index in [9.17, 15) is 30.8 Å².